The third kappa shape index (κ3) is 4.19. The van der Waals surface area contributed by atoms with E-state index in [0.717, 1.165) is 29.9 Å². The minimum absolute atomic E-state index is 0.00672. The van der Waals surface area contributed by atoms with E-state index in [1.54, 1.807) is 6.07 Å². The van der Waals surface area contributed by atoms with Crippen LogP contribution in [0.3, 0.4) is 0 Å². The van der Waals surface area contributed by atoms with Gasteiger partial charge in [-0.25, -0.2) is 0 Å². The van der Waals surface area contributed by atoms with E-state index in [9.17, 15) is 15.0 Å². The lowest BCUT2D eigenvalue weighted by atomic mass is 9.84. The summed E-state index contributed by atoms with van der Waals surface area (Å²) in [5, 5.41) is 24.0. The lowest BCUT2D eigenvalue weighted by Crippen LogP contribution is -2.46. The molecule has 3 N–H and O–H groups in total. The number of aliphatic hydroxyl groups excluding tert-OH is 1. The van der Waals surface area contributed by atoms with Crippen molar-refractivity contribution in [2.45, 2.75) is 31.0 Å². The third-order valence-corrected chi connectivity index (χ3v) is 5.61. The summed E-state index contributed by atoms with van der Waals surface area (Å²) >= 11 is 0. The number of nitrogens with zero attached hydrogens (tertiary/aromatic N) is 1. The number of ether oxygens (including phenoxy) is 1. The molecular weight excluding hydrogens is 356 g/mol. The molecule has 2 heterocycles. The molecule has 0 radical (unpaired) electrons. The molecule has 0 spiro atoms. The van der Waals surface area contributed by atoms with E-state index in [-0.39, 0.29) is 12.5 Å². The van der Waals surface area contributed by atoms with Crippen LogP contribution in [0.25, 0.3) is 0 Å². The fourth-order valence-electron chi connectivity index (χ4n) is 3.98. The number of hydrogen-bond donors (Lipinski definition) is 3. The van der Waals surface area contributed by atoms with Gasteiger partial charge in [0.15, 0.2) is 0 Å². The Hall–Kier alpha value is -2.41. The summed E-state index contributed by atoms with van der Waals surface area (Å²) in [6.07, 6.45) is 1.05. The van der Waals surface area contributed by atoms with Gasteiger partial charge in [-0.1, -0.05) is 30.3 Å². The van der Waals surface area contributed by atoms with Crippen LogP contribution in [-0.2, 0) is 16.8 Å². The number of amides is 1. The van der Waals surface area contributed by atoms with E-state index < -0.39 is 11.7 Å². The average molecular weight is 382 g/mol. The molecule has 6 heteroatoms. The third-order valence-electron chi connectivity index (χ3n) is 5.61. The molecule has 0 aliphatic carbocycles. The molecule has 148 valence electrons. The molecule has 1 amide bonds. The minimum Gasteiger partial charge on any atom is -0.491 e. The summed E-state index contributed by atoms with van der Waals surface area (Å²) in [5.41, 5.74) is 1.93. The Morgan fingerprint density at radius 2 is 1.89 bits per heavy atom. The Labute approximate surface area is 164 Å². The summed E-state index contributed by atoms with van der Waals surface area (Å²) in [6, 6.07) is 15.3. The maximum Gasteiger partial charge on any atom is 0.228 e. The van der Waals surface area contributed by atoms with Crippen molar-refractivity contribution >= 4 is 11.6 Å². The molecule has 0 bridgehead atoms. The quantitative estimate of drug-likeness (QED) is 0.711. The van der Waals surface area contributed by atoms with Crippen molar-refractivity contribution in [3.05, 3.63) is 59.7 Å². The van der Waals surface area contributed by atoms with Crippen LogP contribution in [0, 0.1) is 0 Å². The fourth-order valence-corrected chi connectivity index (χ4v) is 3.98. The molecule has 2 aliphatic heterocycles. The molecule has 2 aromatic rings. The molecule has 0 aromatic heterocycles. The topological polar surface area (TPSA) is 82.0 Å². The number of aliphatic hydroxyl groups is 2. The maximum absolute atomic E-state index is 11.4. The second kappa shape index (κ2) is 7.91. The number of anilines is 1. The van der Waals surface area contributed by atoms with Crippen molar-refractivity contribution in [1.29, 1.82) is 0 Å². The summed E-state index contributed by atoms with van der Waals surface area (Å²) in [4.78, 5) is 13.6. The Morgan fingerprint density at radius 1 is 1.14 bits per heavy atom. The highest BCUT2D eigenvalue weighted by Gasteiger charge is 2.34. The molecule has 1 unspecified atom stereocenters. The van der Waals surface area contributed by atoms with Gasteiger partial charge in [-0.2, -0.15) is 0 Å². The van der Waals surface area contributed by atoms with Crippen molar-refractivity contribution in [1.82, 2.24) is 4.90 Å². The van der Waals surface area contributed by atoms with Crippen LogP contribution < -0.4 is 10.1 Å². The molecule has 0 saturated carbocycles. The number of hydrogen-bond acceptors (Lipinski definition) is 5. The van der Waals surface area contributed by atoms with Gasteiger partial charge >= 0.3 is 0 Å². The minimum atomic E-state index is -0.783. The lowest BCUT2D eigenvalue weighted by molar-refractivity contribution is -0.115. The number of rotatable bonds is 6. The smallest absolute Gasteiger partial charge is 0.228 e. The first-order valence-corrected chi connectivity index (χ1v) is 9.76. The molecule has 6 nitrogen and oxygen atoms in total. The van der Waals surface area contributed by atoms with Gasteiger partial charge in [-0.15, -0.1) is 0 Å². The first-order chi connectivity index (χ1) is 13.5. The molecule has 1 saturated heterocycles. The summed E-state index contributed by atoms with van der Waals surface area (Å²) < 4.78 is 5.71. The van der Waals surface area contributed by atoms with Crippen molar-refractivity contribution in [3.63, 3.8) is 0 Å². The zero-order valence-corrected chi connectivity index (χ0v) is 15.8. The van der Waals surface area contributed by atoms with E-state index in [1.807, 2.05) is 42.5 Å². The number of carbonyl (C=O) groups is 1. The summed E-state index contributed by atoms with van der Waals surface area (Å²) in [6.45, 7) is 2.17. The Morgan fingerprint density at radius 3 is 2.64 bits per heavy atom. The second-order valence-corrected chi connectivity index (χ2v) is 7.71. The normalized spacial score (nSPS) is 19.7. The Balaban J connectivity index is 1.25. The van der Waals surface area contributed by atoms with Crippen LogP contribution >= 0.6 is 0 Å². The predicted octanol–water partition coefficient (Wildman–Crippen LogP) is 1.90. The second-order valence-electron chi connectivity index (χ2n) is 7.71. The SMILES string of the molecule is O=C1Cc2cc(OCC(O)CN3CCC(O)(c4ccccc4)CC3)ccc2N1. The Kier molecular flexibility index (Phi) is 5.35. The van der Waals surface area contributed by atoms with E-state index in [4.69, 9.17) is 4.74 Å². The number of nitrogens with one attached hydrogen (secondary N) is 1. The Bertz CT molecular complexity index is 832. The van der Waals surface area contributed by atoms with Gasteiger partial charge in [0, 0.05) is 25.3 Å². The molecule has 4 rings (SSSR count). The first kappa shape index (κ1) is 18.9. The zero-order valence-electron chi connectivity index (χ0n) is 15.8. The predicted molar refractivity (Wildman–Crippen MR) is 106 cm³/mol. The zero-order chi connectivity index (χ0) is 19.6. The fraction of sp³-hybridized carbons (Fsp3) is 0.409. The molecule has 2 aromatic carbocycles. The van der Waals surface area contributed by atoms with Gasteiger partial charge in [0.25, 0.3) is 0 Å². The van der Waals surface area contributed by atoms with E-state index in [2.05, 4.69) is 10.2 Å². The highest BCUT2D eigenvalue weighted by Crippen LogP contribution is 2.32. The van der Waals surface area contributed by atoms with E-state index in [1.165, 1.54) is 0 Å². The van der Waals surface area contributed by atoms with Gasteiger partial charge in [-0.05, 0) is 42.2 Å². The van der Waals surface area contributed by atoms with Crippen LogP contribution in [0.15, 0.2) is 48.5 Å². The van der Waals surface area contributed by atoms with Crippen molar-refractivity contribution in [2.75, 3.05) is 31.6 Å². The largest absolute Gasteiger partial charge is 0.491 e. The number of carbonyl (C=O) groups excluding carboxylic acids is 1. The van der Waals surface area contributed by atoms with Crippen molar-refractivity contribution in [3.8, 4) is 5.75 Å². The average Bonchev–Trinajstić information content (AvgIpc) is 3.08. The molecule has 1 atom stereocenters. The van der Waals surface area contributed by atoms with Gasteiger partial charge in [-0.3, -0.25) is 4.79 Å². The summed E-state index contributed by atoms with van der Waals surface area (Å²) in [5.74, 6) is 0.652. The van der Waals surface area contributed by atoms with Crippen LogP contribution in [0.1, 0.15) is 24.0 Å². The van der Waals surface area contributed by atoms with Gasteiger partial charge < -0.3 is 25.2 Å². The highest BCUT2D eigenvalue weighted by atomic mass is 16.5. The van der Waals surface area contributed by atoms with Gasteiger partial charge in [0.05, 0.1) is 12.0 Å². The van der Waals surface area contributed by atoms with Crippen LogP contribution in [0.2, 0.25) is 0 Å². The number of β-amino-alcohol motifs (C(OH)–C–C–N with tert-alkyl or cyclic N) is 1. The number of benzene rings is 2. The maximum atomic E-state index is 11.4. The molecule has 2 aliphatic rings. The first-order valence-electron chi connectivity index (χ1n) is 9.76. The monoisotopic (exact) mass is 382 g/mol. The lowest BCUT2D eigenvalue weighted by Gasteiger charge is -2.39. The van der Waals surface area contributed by atoms with Crippen LogP contribution in [0.4, 0.5) is 5.69 Å². The van der Waals surface area contributed by atoms with Crippen LogP contribution in [0.5, 0.6) is 5.75 Å². The van der Waals surface area contributed by atoms with Gasteiger partial charge in [0.1, 0.15) is 18.5 Å². The van der Waals surface area contributed by atoms with Crippen LogP contribution in [-0.4, -0.2) is 53.4 Å². The van der Waals surface area contributed by atoms with E-state index in [0.29, 0.717) is 31.6 Å². The standard InChI is InChI=1S/C22H26N2O4/c25-18(15-28-19-6-7-20-16(12-19)13-21(26)23-20)14-24-10-8-22(27,9-11-24)17-4-2-1-3-5-17/h1-7,12,18,25,27H,8-11,13-15H2,(H,23,26). The molecule has 28 heavy (non-hydrogen) atoms. The molecular formula is C22H26N2O4. The van der Waals surface area contributed by atoms with E-state index >= 15 is 0 Å². The highest BCUT2D eigenvalue weighted by molar-refractivity contribution is 5.99. The number of piperidine rings is 1. The van der Waals surface area contributed by atoms with Gasteiger partial charge in [0.2, 0.25) is 5.91 Å². The number of likely N-dealkylation sites (tertiary alicyclic amines) is 1. The van der Waals surface area contributed by atoms with Crippen molar-refractivity contribution in [2.24, 2.45) is 0 Å². The molecule has 1 fully saturated rings. The number of fused-ring (bicyclic) bond motifs is 1. The van der Waals surface area contributed by atoms with Crippen molar-refractivity contribution < 1.29 is 19.7 Å². The summed E-state index contributed by atoms with van der Waals surface area (Å²) in [7, 11) is 0.